The van der Waals surface area contributed by atoms with Gasteiger partial charge in [0.05, 0.1) is 26.1 Å². The number of ether oxygens (including phenoxy) is 4. The lowest BCUT2D eigenvalue weighted by molar-refractivity contribution is 0.174. The zero-order valence-corrected chi connectivity index (χ0v) is 22.4. The standard InChI is InChI=1S/C31H35N3O4/c1-4-5-15-34-26(18-32-31(34)25-9-7-6-8-10-25)21-33(19-23-11-13-27(35-2)29(16-23)36-3)20-24-12-14-28-30(17-24)38-22-37-28/h6-14,16-18H,4-5,15,19-22H2,1-3H3. The number of hydrogen-bond acceptors (Lipinski definition) is 6. The summed E-state index contributed by atoms with van der Waals surface area (Å²) in [5.41, 5.74) is 4.64. The highest BCUT2D eigenvalue weighted by molar-refractivity contribution is 5.56. The van der Waals surface area contributed by atoms with Crippen molar-refractivity contribution in [3.05, 3.63) is 89.7 Å². The second-order valence-electron chi connectivity index (χ2n) is 9.47. The van der Waals surface area contributed by atoms with Gasteiger partial charge in [-0.3, -0.25) is 4.90 Å². The van der Waals surface area contributed by atoms with Gasteiger partial charge in [0.15, 0.2) is 23.0 Å². The van der Waals surface area contributed by atoms with E-state index in [1.165, 1.54) is 5.69 Å². The second kappa shape index (κ2) is 12.0. The zero-order chi connectivity index (χ0) is 26.3. The van der Waals surface area contributed by atoms with Gasteiger partial charge < -0.3 is 23.5 Å². The Hall–Kier alpha value is -3.97. The molecule has 0 spiro atoms. The van der Waals surface area contributed by atoms with Gasteiger partial charge in [-0.15, -0.1) is 0 Å². The molecule has 0 bridgehead atoms. The third-order valence-electron chi connectivity index (χ3n) is 6.79. The summed E-state index contributed by atoms with van der Waals surface area (Å²) >= 11 is 0. The average molecular weight is 514 g/mol. The predicted octanol–water partition coefficient (Wildman–Crippen LogP) is 6.30. The molecule has 7 heteroatoms. The number of imidazole rings is 1. The molecule has 7 nitrogen and oxygen atoms in total. The highest BCUT2D eigenvalue weighted by Gasteiger charge is 2.19. The lowest BCUT2D eigenvalue weighted by Crippen LogP contribution is -2.24. The van der Waals surface area contributed by atoms with Gasteiger partial charge in [0.2, 0.25) is 6.79 Å². The summed E-state index contributed by atoms with van der Waals surface area (Å²) in [5.74, 6) is 4.07. The Morgan fingerprint density at radius 1 is 0.842 bits per heavy atom. The van der Waals surface area contributed by atoms with Crippen molar-refractivity contribution >= 4 is 0 Å². The first-order valence-electron chi connectivity index (χ1n) is 13.1. The van der Waals surface area contributed by atoms with Gasteiger partial charge in [0.1, 0.15) is 5.82 Å². The van der Waals surface area contributed by atoms with Crippen LogP contribution in [0.1, 0.15) is 36.6 Å². The maximum Gasteiger partial charge on any atom is 0.231 e. The molecule has 0 amide bonds. The van der Waals surface area contributed by atoms with E-state index in [1.54, 1.807) is 14.2 Å². The van der Waals surface area contributed by atoms with Crippen LogP contribution < -0.4 is 18.9 Å². The van der Waals surface area contributed by atoms with E-state index in [2.05, 4.69) is 64.9 Å². The van der Waals surface area contributed by atoms with Crippen molar-refractivity contribution < 1.29 is 18.9 Å². The Balaban J connectivity index is 1.46. The van der Waals surface area contributed by atoms with Crippen molar-refractivity contribution in [3.63, 3.8) is 0 Å². The minimum atomic E-state index is 0.271. The van der Waals surface area contributed by atoms with E-state index in [1.807, 2.05) is 24.4 Å². The van der Waals surface area contributed by atoms with Crippen molar-refractivity contribution in [1.29, 1.82) is 0 Å². The Morgan fingerprint density at radius 2 is 1.58 bits per heavy atom. The molecular weight excluding hydrogens is 478 g/mol. The van der Waals surface area contributed by atoms with Gasteiger partial charge in [-0.25, -0.2) is 4.98 Å². The Kier molecular flexibility index (Phi) is 8.14. The first-order chi connectivity index (χ1) is 18.7. The molecule has 1 aromatic heterocycles. The van der Waals surface area contributed by atoms with E-state index < -0.39 is 0 Å². The number of fused-ring (bicyclic) bond motifs is 1. The van der Waals surface area contributed by atoms with Crippen molar-refractivity contribution in [1.82, 2.24) is 14.5 Å². The average Bonchev–Trinajstić information content (AvgIpc) is 3.58. The summed E-state index contributed by atoms with van der Waals surface area (Å²) in [5, 5.41) is 0. The lowest BCUT2D eigenvalue weighted by atomic mass is 10.1. The van der Waals surface area contributed by atoms with Gasteiger partial charge in [0.25, 0.3) is 0 Å². The fourth-order valence-electron chi connectivity index (χ4n) is 4.85. The van der Waals surface area contributed by atoms with E-state index >= 15 is 0 Å². The molecule has 2 heterocycles. The van der Waals surface area contributed by atoms with Gasteiger partial charge in [-0.1, -0.05) is 55.8 Å². The van der Waals surface area contributed by atoms with Crippen LogP contribution in [0.2, 0.25) is 0 Å². The van der Waals surface area contributed by atoms with Crippen LogP contribution in [0.3, 0.4) is 0 Å². The molecular formula is C31H35N3O4. The Labute approximate surface area is 224 Å². The van der Waals surface area contributed by atoms with Crippen LogP contribution >= 0.6 is 0 Å². The first-order valence-corrected chi connectivity index (χ1v) is 13.1. The highest BCUT2D eigenvalue weighted by atomic mass is 16.7. The van der Waals surface area contributed by atoms with Crippen molar-refractivity contribution in [2.45, 2.75) is 45.9 Å². The van der Waals surface area contributed by atoms with Crippen LogP contribution in [0, 0.1) is 0 Å². The maximum atomic E-state index is 5.64. The highest BCUT2D eigenvalue weighted by Crippen LogP contribution is 2.34. The minimum absolute atomic E-state index is 0.271. The molecule has 38 heavy (non-hydrogen) atoms. The third-order valence-corrected chi connectivity index (χ3v) is 6.79. The molecule has 3 aromatic carbocycles. The molecule has 0 radical (unpaired) electrons. The van der Waals surface area contributed by atoms with E-state index in [4.69, 9.17) is 23.9 Å². The Morgan fingerprint density at radius 3 is 2.34 bits per heavy atom. The molecule has 0 unspecified atom stereocenters. The molecule has 0 saturated carbocycles. The first kappa shape index (κ1) is 25.7. The molecule has 0 aliphatic carbocycles. The van der Waals surface area contributed by atoms with Crippen LogP contribution in [0.25, 0.3) is 11.4 Å². The number of rotatable bonds is 12. The van der Waals surface area contributed by atoms with Gasteiger partial charge in [-0.2, -0.15) is 0 Å². The summed E-state index contributed by atoms with van der Waals surface area (Å²) in [6.45, 7) is 5.64. The molecule has 0 N–H and O–H groups in total. The SMILES string of the molecule is CCCCn1c(CN(Cc2ccc(OC)c(OC)c2)Cc2ccc3c(c2)OCO3)cnc1-c1ccccc1. The number of unbranched alkanes of at least 4 members (excludes halogenated alkanes) is 1. The summed E-state index contributed by atoms with van der Waals surface area (Å²) in [7, 11) is 3.33. The largest absolute Gasteiger partial charge is 0.493 e. The van der Waals surface area contributed by atoms with Crippen LogP contribution in [0.4, 0.5) is 0 Å². The van der Waals surface area contributed by atoms with Crippen molar-refractivity contribution in [2.24, 2.45) is 0 Å². The van der Waals surface area contributed by atoms with Crippen molar-refractivity contribution in [2.75, 3.05) is 21.0 Å². The van der Waals surface area contributed by atoms with Crippen LogP contribution in [-0.2, 0) is 26.2 Å². The number of hydrogen-bond donors (Lipinski definition) is 0. The second-order valence-corrected chi connectivity index (χ2v) is 9.47. The summed E-state index contributed by atoms with van der Waals surface area (Å²) < 4.78 is 24.6. The van der Waals surface area contributed by atoms with E-state index in [-0.39, 0.29) is 6.79 Å². The summed E-state index contributed by atoms with van der Waals surface area (Å²) in [6.07, 6.45) is 4.25. The predicted molar refractivity (Wildman–Crippen MR) is 148 cm³/mol. The summed E-state index contributed by atoms with van der Waals surface area (Å²) in [6, 6.07) is 22.7. The molecule has 1 aliphatic rings. The molecule has 0 fully saturated rings. The molecule has 198 valence electrons. The summed E-state index contributed by atoms with van der Waals surface area (Å²) in [4.78, 5) is 7.29. The Bertz CT molecular complexity index is 1350. The topological polar surface area (TPSA) is 58.0 Å². The molecule has 4 aromatic rings. The maximum absolute atomic E-state index is 5.64. The molecule has 0 saturated heterocycles. The van der Waals surface area contributed by atoms with Gasteiger partial charge in [0, 0.05) is 31.7 Å². The van der Waals surface area contributed by atoms with Gasteiger partial charge in [-0.05, 0) is 41.8 Å². The van der Waals surface area contributed by atoms with Crippen LogP contribution in [-0.4, -0.2) is 35.5 Å². The molecule has 0 atom stereocenters. The smallest absolute Gasteiger partial charge is 0.231 e. The van der Waals surface area contributed by atoms with E-state index in [0.29, 0.717) is 0 Å². The van der Waals surface area contributed by atoms with Gasteiger partial charge >= 0.3 is 0 Å². The van der Waals surface area contributed by atoms with E-state index in [0.717, 1.165) is 84.5 Å². The lowest BCUT2D eigenvalue weighted by Gasteiger charge is -2.24. The fourth-order valence-corrected chi connectivity index (χ4v) is 4.85. The number of methoxy groups -OCH3 is 2. The molecule has 1 aliphatic heterocycles. The normalized spacial score (nSPS) is 12.2. The van der Waals surface area contributed by atoms with E-state index in [9.17, 15) is 0 Å². The molecule has 5 rings (SSSR count). The monoisotopic (exact) mass is 513 g/mol. The van der Waals surface area contributed by atoms with Crippen molar-refractivity contribution in [3.8, 4) is 34.4 Å². The zero-order valence-electron chi connectivity index (χ0n) is 22.4. The fraction of sp³-hybridized carbons (Fsp3) is 0.323. The third kappa shape index (κ3) is 5.78. The number of aromatic nitrogens is 2. The minimum Gasteiger partial charge on any atom is -0.493 e. The number of nitrogens with zero attached hydrogens (tertiary/aromatic N) is 3. The van der Waals surface area contributed by atoms with Crippen LogP contribution in [0.15, 0.2) is 72.9 Å². The van der Waals surface area contributed by atoms with Crippen LogP contribution in [0.5, 0.6) is 23.0 Å². The number of benzene rings is 3. The quantitative estimate of drug-likeness (QED) is 0.222.